The van der Waals surface area contributed by atoms with Crippen molar-refractivity contribution in [3.8, 4) is 11.5 Å². The van der Waals surface area contributed by atoms with Crippen molar-refractivity contribution < 1.29 is 24.2 Å². The molecule has 5 nitrogen and oxygen atoms in total. The van der Waals surface area contributed by atoms with Crippen LogP contribution in [0.1, 0.15) is 12.5 Å². The molecule has 6 heteroatoms. The summed E-state index contributed by atoms with van der Waals surface area (Å²) in [6, 6.07) is 4.75. The monoisotopic (exact) mass is 298 g/mol. The molecule has 0 fully saturated rings. The largest absolute Gasteiger partial charge is 0.486 e. The summed E-state index contributed by atoms with van der Waals surface area (Å²) in [7, 11) is 0. The highest BCUT2D eigenvalue weighted by Gasteiger charge is 2.08. The van der Waals surface area contributed by atoms with Crippen LogP contribution in [0.2, 0.25) is 0 Å². The van der Waals surface area contributed by atoms with Crippen molar-refractivity contribution in [2.45, 2.75) is 6.92 Å². The van der Waals surface area contributed by atoms with Gasteiger partial charge >= 0.3 is 11.9 Å². The van der Waals surface area contributed by atoms with Crippen molar-refractivity contribution in [2.75, 3.05) is 6.61 Å². The third kappa shape index (κ3) is 6.06. The van der Waals surface area contributed by atoms with E-state index in [1.54, 1.807) is 24.3 Å². The fraction of sp³-hybridized carbons (Fsp3) is 0.143. The average molecular weight is 299 g/mol. The lowest BCUT2D eigenvalue weighted by Crippen LogP contribution is -2.04. The Balaban J connectivity index is 0.00000361. The van der Waals surface area contributed by atoms with Gasteiger partial charge in [-0.1, -0.05) is 18.7 Å². The van der Waals surface area contributed by atoms with Gasteiger partial charge in [0.1, 0.15) is 6.61 Å². The number of hydrogen-bond acceptors (Lipinski definition) is 4. The summed E-state index contributed by atoms with van der Waals surface area (Å²) in [6.45, 7) is 5.06. The van der Waals surface area contributed by atoms with Crippen LogP contribution < -0.4 is 9.47 Å². The third-order valence-corrected chi connectivity index (χ3v) is 2.00. The predicted octanol–water partition coefficient (Wildman–Crippen LogP) is 2.70. The number of carboxylic acids is 1. The van der Waals surface area contributed by atoms with Crippen LogP contribution >= 0.6 is 12.4 Å². The highest BCUT2D eigenvalue weighted by Crippen LogP contribution is 2.29. The molecule has 0 aliphatic rings. The van der Waals surface area contributed by atoms with E-state index in [0.29, 0.717) is 11.3 Å². The Kier molecular flexibility index (Phi) is 7.77. The van der Waals surface area contributed by atoms with Crippen molar-refractivity contribution >= 4 is 30.4 Å². The maximum Gasteiger partial charge on any atom is 0.328 e. The lowest BCUT2D eigenvalue weighted by atomic mass is 10.2. The van der Waals surface area contributed by atoms with Crippen LogP contribution in [0.3, 0.4) is 0 Å². The van der Waals surface area contributed by atoms with Gasteiger partial charge in [-0.2, -0.15) is 0 Å². The first-order chi connectivity index (χ1) is 9.02. The summed E-state index contributed by atoms with van der Waals surface area (Å²) in [4.78, 5) is 21.4. The molecule has 108 valence electrons. The zero-order valence-corrected chi connectivity index (χ0v) is 11.7. The number of carbonyl (C=O) groups is 2. The predicted molar refractivity (Wildman–Crippen MR) is 77.4 cm³/mol. The van der Waals surface area contributed by atoms with E-state index in [1.165, 1.54) is 13.0 Å². The molecule has 0 saturated carbocycles. The van der Waals surface area contributed by atoms with Gasteiger partial charge in [0.2, 0.25) is 0 Å². The molecule has 0 amide bonds. The SMILES string of the molecule is C=CCOc1cc(C=CC(=O)O)ccc1OC(C)=O.Cl. The van der Waals surface area contributed by atoms with Gasteiger partial charge in [0, 0.05) is 13.0 Å². The molecular weight excluding hydrogens is 284 g/mol. The molecule has 1 aromatic carbocycles. The first-order valence-electron chi connectivity index (χ1n) is 5.50. The van der Waals surface area contributed by atoms with Gasteiger partial charge in [-0.3, -0.25) is 4.79 Å². The molecule has 0 unspecified atom stereocenters. The average Bonchev–Trinajstić information content (AvgIpc) is 2.35. The Bertz CT molecular complexity index is 522. The maximum absolute atomic E-state index is 10.9. The lowest BCUT2D eigenvalue weighted by molar-refractivity contribution is -0.132. The quantitative estimate of drug-likeness (QED) is 0.378. The molecule has 0 saturated heterocycles. The number of hydrogen-bond donors (Lipinski definition) is 1. The summed E-state index contributed by atoms with van der Waals surface area (Å²) in [5.74, 6) is -0.876. The van der Waals surface area contributed by atoms with Crippen LogP contribution in [0.4, 0.5) is 0 Å². The molecule has 0 radical (unpaired) electrons. The van der Waals surface area contributed by atoms with Crippen molar-refractivity contribution in [1.29, 1.82) is 0 Å². The molecular formula is C14H15ClO5. The molecule has 0 atom stereocenters. The Labute approximate surface area is 122 Å². The van der Waals surface area contributed by atoms with Crippen molar-refractivity contribution in [2.24, 2.45) is 0 Å². The highest BCUT2D eigenvalue weighted by atomic mass is 35.5. The number of ether oxygens (including phenoxy) is 2. The van der Waals surface area contributed by atoms with E-state index in [0.717, 1.165) is 6.08 Å². The Morgan fingerprint density at radius 3 is 2.60 bits per heavy atom. The molecule has 0 aromatic heterocycles. The van der Waals surface area contributed by atoms with Crippen LogP contribution in [-0.2, 0) is 9.59 Å². The fourth-order valence-electron chi connectivity index (χ4n) is 1.30. The number of benzene rings is 1. The molecule has 0 heterocycles. The number of aliphatic carboxylic acids is 1. The van der Waals surface area contributed by atoms with Gasteiger partial charge in [0.25, 0.3) is 0 Å². The summed E-state index contributed by atoms with van der Waals surface area (Å²) < 4.78 is 10.3. The third-order valence-electron chi connectivity index (χ3n) is 2.00. The van der Waals surface area contributed by atoms with Gasteiger partial charge in [-0.15, -0.1) is 12.4 Å². The van der Waals surface area contributed by atoms with Gasteiger partial charge in [0.05, 0.1) is 0 Å². The minimum atomic E-state index is -1.04. The van der Waals surface area contributed by atoms with Gasteiger partial charge in [-0.25, -0.2) is 4.79 Å². The van der Waals surface area contributed by atoms with Crippen LogP contribution in [-0.4, -0.2) is 23.7 Å². The van der Waals surface area contributed by atoms with Crippen molar-refractivity contribution in [1.82, 2.24) is 0 Å². The second-order valence-electron chi connectivity index (χ2n) is 3.57. The number of rotatable bonds is 6. The maximum atomic E-state index is 10.9. The molecule has 0 bridgehead atoms. The zero-order valence-electron chi connectivity index (χ0n) is 10.9. The second kappa shape index (κ2) is 8.77. The Morgan fingerprint density at radius 1 is 1.35 bits per heavy atom. The lowest BCUT2D eigenvalue weighted by Gasteiger charge is -2.10. The highest BCUT2D eigenvalue weighted by molar-refractivity contribution is 5.85. The van der Waals surface area contributed by atoms with E-state index >= 15 is 0 Å². The molecule has 0 aliphatic heterocycles. The molecule has 1 N–H and O–H groups in total. The van der Waals surface area contributed by atoms with Crippen molar-refractivity contribution in [3.05, 3.63) is 42.5 Å². The van der Waals surface area contributed by atoms with E-state index in [9.17, 15) is 9.59 Å². The summed E-state index contributed by atoms with van der Waals surface area (Å²) >= 11 is 0. The number of halogens is 1. The first kappa shape index (κ1) is 17.7. The van der Waals surface area contributed by atoms with Gasteiger partial charge in [0.15, 0.2) is 11.5 Å². The number of carbonyl (C=O) groups excluding carboxylic acids is 1. The normalized spacial score (nSPS) is 9.65. The van der Waals surface area contributed by atoms with Crippen LogP contribution in [0, 0.1) is 0 Å². The second-order valence-corrected chi connectivity index (χ2v) is 3.57. The molecule has 20 heavy (non-hydrogen) atoms. The Morgan fingerprint density at radius 2 is 2.05 bits per heavy atom. The zero-order chi connectivity index (χ0) is 14.3. The fourth-order valence-corrected chi connectivity index (χ4v) is 1.30. The topological polar surface area (TPSA) is 72.8 Å². The van der Waals surface area contributed by atoms with Gasteiger partial charge in [-0.05, 0) is 23.8 Å². The first-order valence-corrected chi connectivity index (χ1v) is 5.50. The van der Waals surface area contributed by atoms with E-state index < -0.39 is 11.9 Å². The summed E-state index contributed by atoms with van der Waals surface area (Å²) in [6.07, 6.45) is 3.98. The Hall–Kier alpha value is -2.27. The minimum absolute atomic E-state index is 0. The van der Waals surface area contributed by atoms with Crippen LogP contribution in [0.5, 0.6) is 11.5 Å². The number of carboxylic acid groups (broad SMARTS) is 1. The summed E-state index contributed by atoms with van der Waals surface area (Å²) in [5.41, 5.74) is 0.623. The van der Waals surface area contributed by atoms with Crippen LogP contribution in [0.25, 0.3) is 6.08 Å². The summed E-state index contributed by atoms with van der Waals surface area (Å²) in [5, 5.41) is 8.56. The van der Waals surface area contributed by atoms with E-state index in [-0.39, 0.29) is 24.8 Å². The molecule has 0 spiro atoms. The molecule has 1 rings (SSSR count). The van der Waals surface area contributed by atoms with Gasteiger partial charge < -0.3 is 14.6 Å². The van der Waals surface area contributed by atoms with E-state index in [4.69, 9.17) is 14.6 Å². The number of esters is 1. The minimum Gasteiger partial charge on any atom is -0.486 e. The smallest absolute Gasteiger partial charge is 0.328 e. The molecule has 1 aromatic rings. The van der Waals surface area contributed by atoms with E-state index in [2.05, 4.69) is 6.58 Å². The van der Waals surface area contributed by atoms with E-state index in [1.807, 2.05) is 0 Å². The molecule has 0 aliphatic carbocycles. The van der Waals surface area contributed by atoms with Crippen LogP contribution in [0.15, 0.2) is 36.9 Å². The standard InChI is InChI=1S/C14H14O5.ClH/c1-3-8-18-13-9-11(5-7-14(16)17)4-6-12(13)19-10(2)15;/h3-7,9H,1,8H2,2H3,(H,16,17);1H. The van der Waals surface area contributed by atoms with Crippen molar-refractivity contribution in [3.63, 3.8) is 0 Å².